The summed E-state index contributed by atoms with van der Waals surface area (Å²) in [5.74, 6) is 0. The zero-order valence-electron chi connectivity index (χ0n) is 8.97. The van der Waals surface area contributed by atoms with Gasteiger partial charge in [-0.25, -0.2) is 4.98 Å². The Balaban J connectivity index is 2.18. The molecule has 0 fully saturated rings. The Kier molecular flexibility index (Phi) is 2.22. The van der Waals surface area contributed by atoms with Crippen molar-refractivity contribution in [3.63, 3.8) is 0 Å². The summed E-state index contributed by atoms with van der Waals surface area (Å²) in [6.45, 7) is 2.05. The minimum absolute atomic E-state index is 1.10. The highest BCUT2D eigenvalue weighted by atomic mass is 32.1. The first kappa shape index (κ1) is 9.55. The molecule has 0 spiro atoms. The van der Waals surface area contributed by atoms with E-state index in [0.29, 0.717) is 0 Å². The number of aryl methyl sites for hydroxylation is 1. The lowest BCUT2D eigenvalue weighted by atomic mass is 10.1. The smallest absolute Gasteiger partial charge is 0.0907 e. The van der Waals surface area contributed by atoms with E-state index in [0.717, 1.165) is 10.5 Å². The van der Waals surface area contributed by atoms with Gasteiger partial charge >= 0.3 is 0 Å². The van der Waals surface area contributed by atoms with Crippen molar-refractivity contribution in [3.05, 3.63) is 53.5 Å². The Labute approximate surface area is 98.4 Å². The normalized spacial score (nSPS) is 10.8. The van der Waals surface area contributed by atoms with Gasteiger partial charge in [0.2, 0.25) is 0 Å². The number of rotatable bonds is 1. The summed E-state index contributed by atoms with van der Waals surface area (Å²) in [4.78, 5) is 4.52. The molecule has 78 valence electrons. The van der Waals surface area contributed by atoms with Crippen LogP contribution in [0.3, 0.4) is 0 Å². The maximum atomic E-state index is 4.52. The SMILES string of the molecule is Cc1nc2cc(-c3ccccc3)ccc2s1. The van der Waals surface area contributed by atoms with Crippen LogP contribution in [0.15, 0.2) is 48.5 Å². The van der Waals surface area contributed by atoms with Gasteiger partial charge in [-0.05, 0) is 30.2 Å². The second-order valence-corrected chi connectivity index (χ2v) is 5.02. The summed E-state index contributed by atoms with van der Waals surface area (Å²) in [7, 11) is 0. The largest absolute Gasteiger partial charge is 0.241 e. The molecule has 1 aromatic heterocycles. The fourth-order valence-electron chi connectivity index (χ4n) is 1.85. The number of fused-ring (bicyclic) bond motifs is 1. The van der Waals surface area contributed by atoms with Gasteiger partial charge in [-0.2, -0.15) is 0 Å². The number of hydrogen-bond donors (Lipinski definition) is 0. The lowest BCUT2D eigenvalue weighted by Gasteiger charge is -2.00. The zero-order chi connectivity index (χ0) is 11.0. The van der Waals surface area contributed by atoms with Gasteiger partial charge in [0.25, 0.3) is 0 Å². The Morgan fingerprint density at radius 2 is 1.75 bits per heavy atom. The average molecular weight is 225 g/mol. The molecule has 0 atom stereocenters. The summed E-state index contributed by atoms with van der Waals surface area (Å²) >= 11 is 1.74. The van der Waals surface area contributed by atoms with Crippen LogP contribution in [0, 0.1) is 6.92 Å². The summed E-state index contributed by atoms with van der Waals surface area (Å²) in [5.41, 5.74) is 3.58. The average Bonchev–Trinajstić information content (AvgIpc) is 2.69. The fourth-order valence-corrected chi connectivity index (χ4v) is 2.66. The number of thiazole rings is 1. The third-order valence-corrected chi connectivity index (χ3v) is 3.55. The van der Waals surface area contributed by atoms with Gasteiger partial charge in [-0.3, -0.25) is 0 Å². The topological polar surface area (TPSA) is 12.9 Å². The van der Waals surface area contributed by atoms with Gasteiger partial charge < -0.3 is 0 Å². The Hall–Kier alpha value is -1.67. The summed E-state index contributed by atoms with van der Waals surface area (Å²) in [6, 6.07) is 16.9. The van der Waals surface area contributed by atoms with E-state index in [1.807, 2.05) is 13.0 Å². The number of nitrogens with zero attached hydrogens (tertiary/aromatic N) is 1. The molecule has 0 N–H and O–H groups in total. The van der Waals surface area contributed by atoms with Gasteiger partial charge in [-0.1, -0.05) is 36.4 Å². The summed E-state index contributed by atoms with van der Waals surface area (Å²) < 4.78 is 1.26. The zero-order valence-corrected chi connectivity index (χ0v) is 9.79. The van der Waals surface area contributed by atoms with Gasteiger partial charge in [0, 0.05) is 0 Å². The van der Waals surface area contributed by atoms with Gasteiger partial charge in [0.1, 0.15) is 0 Å². The van der Waals surface area contributed by atoms with Crippen LogP contribution >= 0.6 is 11.3 Å². The van der Waals surface area contributed by atoms with Crippen LogP contribution in [-0.2, 0) is 0 Å². The number of benzene rings is 2. The van der Waals surface area contributed by atoms with Crippen LogP contribution in [0.2, 0.25) is 0 Å². The monoisotopic (exact) mass is 225 g/mol. The van der Waals surface area contributed by atoms with Crippen LogP contribution in [0.5, 0.6) is 0 Å². The predicted molar refractivity (Wildman–Crippen MR) is 69.8 cm³/mol. The van der Waals surface area contributed by atoms with E-state index in [1.54, 1.807) is 11.3 Å². The fraction of sp³-hybridized carbons (Fsp3) is 0.0714. The first-order valence-electron chi connectivity index (χ1n) is 5.25. The van der Waals surface area contributed by atoms with Crippen LogP contribution in [0.4, 0.5) is 0 Å². The highest BCUT2D eigenvalue weighted by molar-refractivity contribution is 7.18. The molecule has 0 amide bonds. The maximum absolute atomic E-state index is 4.52. The standard InChI is InChI=1S/C14H11NS/c1-10-15-13-9-12(7-8-14(13)16-10)11-5-3-2-4-6-11/h2-9H,1H3. The third kappa shape index (κ3) is 1.61. The van der Waals surface area contributed by atoms with E-state index < -0.39 is 0 Å². The van der Waals surface area contributed by atoms with Gasteiger partial charge in [0.05, 0.1) is 15.2 Å². The molecular weight excluding hydrogens is 214 g/mol. The molecule has 0 aliphatic carbocycles. The summed E-state index contributed by atoms with van der Waals surface area (Å²) in [5, 5.41) is 1.13. The van der Waals surface area contributed by atoms with Gasteiger partial charge in [-0.15, -0.1) is 11.3 Å². The molecule has 2 aromatic carbocycles. The van der Waals surface area contributed by atoms with Crippen molar-refractivity contribution in [1.29, 1.82) is 0 Å². The van der Waals surface area contributed by atoms with E-state index in [4.69, 9.17) is 0 Å². The summed E-state index contributed by atoms with van der Waals surface area (Å²) in [6.07, 6.45) is 0. The van der Waals surface area contributed by atoms with Crippen LogP contribution in [0.25, 0.3) is 21.3 Å². The highest BCUT2D eigenvalue weighted by Crippen LogP contribution is 2.27. The Morgan fingerprint density at radius 1 is 0.938 bits per heavy atom. The highest BCUT2D eigenvalue weighted by Gasteiger charge is 2.02. The molecule has 0 bridgehead atoms. The van der Waals surface area contributed by atoms with Crippen LogP contribution in [-0.4, -0.2) is 4.98 Å². The molecule has 2 heteroatoms. The Morgan fingerprint density at radius 3 is 2.56 bits per heavy atom. The molecule has 3 aromatic rings. The Bertz CT molecular complexity index is 626. The minimum Gasteiger partial charge on any atom is -0.241 e. The molecule has 0 aliphatic heterocycles. The molecular formula is C14H11NS. The molecule has 0 saturated heterocycles. The molecule has 16 heavy (non-hydrogen) atoms. The predicted octanol–water partition coefficient (Wildman–Crippen LogP) is 4.27. The molecule has 0 saturated carbocycles. The first-order chi connectivity index (χ1) is 7.83. The quantitative estimate of drug-likeness (QED) is 0.602. The third-order valence-electron chi connectivity index (χ3n) is 2.60. The van der Waals surface area contributed by atoms with Crippen LogP contribution < -0.4 is 0 Å². The second kappa shape index (κ2) is 3.72. The molecule has 0 aliphatic rings. The first-order valence-corrected chi connectivity index (χ1v) is 6.07. The van der Waals surface area contributed by atoms with E-state index in [2.05, 4.69) is 47.4 Å². The number of hydrogen-bond acceptors (Lipinski definition) is 2. The molecule has 0 radical (unpaired) electrons. The second-order valence-electron chi connectivity index (χ2n) is 3.78. The number of aromatic nitrogens is 1. The van der Waals surface area contributed by atoms with Crippen molar-refractivity contribution in [3.8, 4) is 11.1 Å². The van der Waals surface area contributed by atoms with Crippen molar-refractivity contribution in [2.45, 2.75) is 6.92 Å². The van der Waals surface area contributed by atoms with E-state index in [-0.39, 0.29) is 0 Å². The maximum Gasteiger partial charge on any atom is 0.0907 e. The molecule has 1 nitrogen and oxygen atoms in total. The lowest BCUT2D eigenvalue weighted by molar-refractivity contribution is 1.35. The van der Waals surface area contributed by atoms with E-state index in [1.165, 1.54) is 15.8 Å². The van der Waals surface area contributed by atoms with Gasteiger partial charge in [0.15, 0.2) is 0 Å². The van der Waals surface area contributed by atoms with Crippen molar-refractivity contribution in [2.24, 2.45) is 0 Å². The van der Waals surface area contributed by atoms with Crippen molar-refractivity contribution in [2.75, 3.05) is 0 Å². The van der Waals surface area contributed by atoms with Crippen molar-refractivity contribution in [1.82, 2.24) is 4.98 Å². The lowest BCUT2D eigenvalue weighted by Crippen LogP contribution is -1.76. The van der Waals surface area contributed by atoms with Crippen LogP contribution in [0.1, 0.15) is 5.01 Å². The van der Waals surface area contributed by atoms with Crippen molar-refractivity contribution >= 4 is 21.6 Å². The molecule has 1 heterocycles. The van der Waals surface area contributed by atoms with E-state index >= 15 is 0 Å². The van der Waals surface area contributed by atoms with Crippen molar-refractivity contribution < 1.29 is 0 Å². The van der Waals surface area contributed by atoms with E-state index in [9.17, 15) is 0 Å². The molecule has 3 rings (SSSR count). The molecule has 0 unspecified atom stereocenters. The minimum atomic E-state index is 1.10.